The summed E-state index contributed by atoms with van der Waals surface area (Å²) in [5, 5.41) is 10.0. The Labute approximate surface area is 178 Å². The number of carbonyl (C=O) groups excluding carboxylic acids is 2. The van der Waals surface area contributed by atoms with E-state index in [4.69, 9.17) is 0 Å². The van der Waals surface area contributed by atoms with Crippen LogP contribution in [0.4, 0.5) is 5.13 Å². The molecule has 0 spiro atoms. The van der Waals surface area contributed by atoms with Crippen LogP contribution in [0.25, 0.3) is 0 Å². The number of hydrogen-bond donors (Lipinski definition) is 2. The molecule has 2 amide bonds. The number of rotatable bonds is 6. The number of thiazole rings is 1. The fourth-order valence-electron chi connectivity index (χ4n) is 3.58. The summed E-state index contributed by atoms with van der Waals surface area (Å²) in [6.45, 7) is 2.01. The third-order valence-electron chi connectivity index (χ3n) is 5.11. The third kappa shape index (κ3) is 4.92. The fourth-order valence-corrected chi connectivity index (χ4v) is 4.90. The second-order valence-electron chi connectivity index (χ2n) is 7.28. The number of hydrogen-bond acceptors (Lipinski definition) is 5. The van der Waals surface area contributed by atoms with Crippen LogP contribution >= 0.6 is 22.7 Å². The van der Waals surface area contributed by atoms with E-state index >= 15 is 0 Å². The molecule has 0 aliphatic heterocycles. The lowest BCUT2D eigenvalue weighted by molar-refractivity contribution is -0.121. The standard InChI is InChI=1S/C22H23N3O2S2/c1-14(16-9-8-15-5-2-3-6-17(15)11-16)23-20(26)12-18-13-29-22(24-18)25-21(27)19-7-4-10-28-19/h4,7-11,13-14H,2-3,5-6,12H2,1H3,(H,23,26)(H,24,25,27)/t14-/m0/s1. The normalized spacial score (nSPS) is 14.1. The second-order valence-corrected chi connectivity index (χ2v) is 9.08. The average Bonchev–Trinajstić information content (AvgIpc) is 3.40. The van der Waals surface area contributed by atoms with Crippen molar-refractivity contribution in [2.75, 3.05) is 5.32 Å². The summed E-state index contributed by atoms with van der Waals surface area (Å²) < 4.78 is 0. The Morgan fingerprint density at radius 2 is 1.97 bits per heavy atom. The zero-order chi connectivity index (χ0) is 20.2. The van der Waals surface area contributed by atoms with Gasteiger partial charge < -0.3 is 5.32 Å². The van der Waals surface area contributed by atoms with E-state index in [0.717, 1.165) is 18.4 Å². The molecule has 2 heterocycles. The molecule has 1 aliphatic carbocycles. The van der Waals surface area contributed by atoms with E-state index in [0.29, 0.717) is 15.7 Å². The number of carbonyl (C=O) groups is 2. The van der Waals surface area contributed by atoms with Crippen molar-refractivity contribution in [3.05, 3.63) is 68.4 Å². The van der Waals surface area contributed by atoms with E-state index in [1.165, 1.54) is 46.6 Å². The molecule has 5 nitrogen and oxygen atoms in total. The molecule has 1 atom stereocenters. The number of aryl methyl sites for hydroxylation is 2. The first-order valence-corrected chi connectivity index (χ1v) is 11.5. The molecule has 1 aliphatic rings. The predicted molar refractivity (Wildman–Crippen MR) is 118 cm³/mol. The number of benzene rings is 1. The summed E-state index contributed by atoms with van der Waals surface area (Å²) in [5.74, 6) is -0.247. The van der Waals surface area contributed by atoms with Crippen molar-refractivity contribution < 1.29 is 9.59 Å². The van der Waals surface area contributed by atoms with Crippen molar-refractivity contribution in [2.24, 2.45) is 0 Å². The van der Waals surface area contributed by atoms with Gasteiger partial charge in [0.1, 0.15) is 0 Å². The van der Waals surface area contributed by atoms with Gasteiger partial charge in [0, 0.05) is 5.38 Å². The highest BCUT2D eigenvalue weighted by atomic mass is 32.1. The summed E-state index contributed by atoms with van der Waals surface area (Å²) >= 11 is 2.71. The first-order valence-electron chi connectivity index (χ1n) is 9.79. The van der Waals surface area contributed by atoms with Gasteiger partial charge in [-0.15, -0.1) is 22.7 Å². The second kappa shape index (κ2) is 8.88. The highest BCUT2D eigenvalue weighted by Gasteiger charge is 2.16. The Morgan fingerprint density at radius 1 is 1.14 bits per heavy atom. The Hall–Kier alpha value is -2.51. The van der Waals surface area contributed by atoms with Crippen LogP contribution in [0.15, 0.2) is 41.1 Å². The lowest BCUT2D eigenvalue weighted by Gasteiger charge is -2.20. The van der Waals surface area contributed by atoms with Crippen LogP contribution < -0.4 is 10.6 Å². The van der Waals surface area contributed by atoms with Crippen molar-refractivity contribution >= 4 is 39.6 Å². The smallest absolute Gasteiger partial charge is 0.267 e. The molecule has 4 rings (SSSR count). The molecule has 3 aromatic rings. The Balaban J connectivity index is 1.32. The minimum Gasteiger partial charge on any atom is -0.349 e. The monoisotopic (exact) mass is 425 g/mol. The van der Waals surface area contributed by atoms with Crippen molar-refractivity contribution in [1.29, 1.82) is 0 Å². The summed E-state index contributed by atoms with van der Waals surface area (Å²) in [5.41, 5.74) is 4.66. The highest BCUT2D eigenvalue weighted by molar-refractivity contribution is 7.14. The number of nitrogens with zero attached hydrogens (tertiary/aromatic N) is 1. The number of thiophene rings is 1. The lowest BCUT2D eigenvalue weighted by Crippen LogP contribution is -2.28. The van der Waals surface area contributed by atoms with Gasteiger partial charge in [0.2, 0.25) is 5.91 Å². The Morgan fingerprint density at radius 3 is 2.76 bits per heavy atom. The Kier molecular flexibility index (Phi) is 6.06. The lowest BCUT2D eigenvalue weighted by atomic mass is 9.89. The van der Waals surface area contributed by atoms with Crippen LogP contribution in [0.2, 0.25) is 0 Å². The van der Waals surface area contributed by atoms with Crippen molar-refractivity contribution in [3.8, 4) is 0 Å². The molecular weight excluding hydrogens is 402 g/mol. The zero-order valence-electron chi connectivity index (χ0n) is 16.2. The molecule has 0 bridgehead atoms. The highest BCUT2D eigenvalue weighted by Crippen LogP contribution is 2.25. The predicted octanol–water partition coefficient (Wildman–Crippen LogP) is 4.76. The minimum atomic E-state index is -0.175. The maximum Gasteiger partial charge on any atom is 0.267 e. The van der Waals surface area contributed by atoms with Gasteiger partial charge in [-0.25, -0.2) is 4.98 Å². The first kappa shape index (κ1) is 19.8. The van der Waals surface area contributed by atoms with Crippen LogP contribution in [-0.4, -0.2) is 16.8 Å². The molecule has 0 saturated carbocycles. The van der Waals surface area contributed by atoms with E-state index in [9.17, 15) is 9.59 Å². The maximum absolute atomic E-state index is 12.5. The summed E-state index contributed by atoms with van der Waals surface area (Å²) in [6, 6.07) is 10.1. The van der Waals surface area contributed by atoms with Gasteiger partial charge in [-0.3, -0.25) is 14.9 Å². The molecule has 7 heteroatoms. The van der Waals surface area contributed by atoms with Crippen molar-refractivity contribution in [3.63, 3.8) is 0 Å². The van der Waals surface area contributed by atoms with Crippen LogP contribution in [0.1, 0.15) is 57.9 Å². The largest absolute Gasteiger partial charge is 0.349 e. The van der Waals surface area contributed by atoms with Crippen molar-refractivity contribution in [1.82, 2.24) is 10.3 Å². The third-order valence-corrected chi connectivity index (χ3v) is 6.78. The zero-order valence-corrected chi connectivity index (χ0v) is 17.9. The van der Waals surface area contributed by atoms with E-state index in [2.05, 4.69) is 33.8 Å². The molecule has 0 saturated heterocycles. The molecule has 2 aromatic heterocycles. The molecule has 0 fully saturated rings. The van der Waals surface area contributed by atoms with Crippen LogP contribution in [-0.2, 0) is 24.1 Å². The summed E-state index contributed by atoms with van der Waals surface area (Å²) in [4.78, 5) is 29.6. The summed E-state index contributed by atoms with van der Waals surface area (Å²) in [7, 11) is 0. The fraction of sp³-hybridized carbons (Fsp3) is 0.318. The molecule has 150 valence electrons. The van der Waals surface area contributed by atoms with Gasteiger partial charge in [-0.05, 0) is 60.7 Å². The SMILES string of the molecule is C[C@H](NC(=O)Cc1csc(NC(=O)c2cccs2)n1)c1ccc2c(c1)CCCC2. The number of aromatic nitrogens is 1. The van der Waals surface area contributed by atoms with Gasteiger partial charge in [-0.1, -0.05) is 24.3 Å². The van der Waals surface area contributed by atoms with E-state index in [-0.39, 0.29) is 24.3 Å². The van der Waals surface area contributed by atoms with Crippen LogP contribution in [0.3, 0.4) is 0 Å². The number of anilines is 1. The van der Waals surface area contributed by atoms with Gasteiger partial charge >= 0.3 is 0 Å². The molecule has 0 radical (unpaired) electrons. The van der Waals surface area contributed by atoms with Crippen LogP contribution in [0, 0.1) is 0 Å². The Bertz CT molecular complexity index is 1010. The van der Waals surface area contributed by atoms with E-state index < -0.39 is 0 Å². The van der Waals surface area contributed by atoms with Crippen LogP contribution in [0.5, 0.6) is 0 Å². The summed E-state index contributed by atoms with van der Waals surface area (Å²) in [6.07, 6.45) is 4.99. The number of fused-ring (bicyclic) bond motifs is 1. The molecular formula is C22H23N3O2S2. The van der Waals surface area contributed by atoms with Gasteiger partial charge in [0.05, 0.1) is 23.0 Å². The minimum absolute atomic E-state index is 0.0497. The quantitative estimate of drug-likeness (QED) is 0.598. The number of nitrogens with one attached hydrogen (secondary N) is 2. The maximum atomic E-state index is 12.5. The topological polar surface area (TPSA) is 71.1 Å². The van der Waals surface area contributed by atoms with E-state index in [1.54, 1.807) is 6.07 Å². The molecule has 0 unspecified atom stereocenters. The van der Waals surface area contributed by atoms with E-state index in [1.807, 2.05) is 23.8 Å². The first-order chi connectivity index (χ1) is 14.1. The molecule has 29 heavy (non-hydrogen) atoms. The molecule has 1 aromatic carbocycles. The van der Waals surface area contributed by atoms with Crippen molar-refractivity contribution in [2.45, 2.75) is 45.1 Å². The number of amides is 2. The van der Waals surface area contributed by atoms with Gasteiger partial charge in [0.15, 0.2) is 5.13 Å². The molecule has 2 N–H and O–H groups in total. The van der Waals surface area contributed by atoms with Gasteiger partial charge in [0.25, 0.3) is 5.91 Å². The van der Waals surface area contributed by atoms with Gasteiger partial charge in [-0.2, -0.15) is 0 Å². The average molecular weight is 426 g/mol.